The van der Waals surface area contributed by atoms with E-state index in [1.54, 1.807) is 30.1 Å². The van der Waals surface area contributed by atoms with E-state index in [2.05, 4.69) is 10.4 Å². The summed E-state index contributed by atoms with van der Waals surface area (Å²) >= 11 is 0. The van der Waals surface area contributed by atoms with E-state index in [-0.39, 0.29) is 11.8 Å². The monoisotopic (exact) mass is 262 g/mol. The van der Waals surface area contributed by atoms with Gasteiger partial charge in [-0.15, -0.1) is 0 Å². The van der Waals surface area contributed by atoms with Crippen molar-refractivity contribution in [3.8, 4) is 0 Å². The fraction of sp³-hybridized carbons (Fsp3) is 0.231. The van der Waals surface area contributed by atoms with Crippen LogP contribution in [0.3, 0.4) is 0 Å². The van der Waals surface area contributed by atoms with E-state index in [0.29, 0.717) is 12.2 Å². The van der Waals surface area contributed by atoms with E-state index in [4.69, 9.17) is 0 Å². The smallest absolute Gasteiger partial charge is 0.321 e. The molecule has 1 aromatic carbocycles. The lowest BCUT2D eigenvalue weighted by Crippen LogP contribution is -2.30. The number of benzene rings is 1. The largest absolute Gasteiger partial charge is 0.323 e. The second-order valence-corrected chi connectivity index (χ2v) is 4.32. The molecule has 5 nitrogen and oxygen atoms in total. The Bertz CT molecular complexity index is 582. The molecule has 1 aromatic heterocycles. The number of aromatic nitrogens is 2. The van der Waals surface area contributed by atoms with Gasteiger partial charge in [0.05, 0.1) is 12.7 Å². The summed E-state index contributed by atoms with van der Waals surface area (Å²) in [6.45, 7) is 0.439. The average Bonchev–Trinajstić information content (AvgIpc) is 2.74. The SMILES string of the molecule is CN(Cc1cnn(C)c1)C(=O)Nc1cccc(F)c1. The van der Waals surface area contributed by atoms with Gasteiger partial charge in [-0.1, -0.05) is 6.07 Å². The van der Waals surface area contributed by atoms with Crippen molar-refractivity contribution in [1.82, 2.24) is 14.7 Å². The van der Waals surface area contributed by atoms with Crippen LogP contribution in [0.15, 0.2) is 36.7 Å². The molecule has 0 unspecified atom stereocenters. The Hall–Kier alpha value is -2.37. The molecule has 1 heterocycles. The van der Waals surface area contributed by atoms with Gasteiger partial charge in [0, 0.05) is 31.5 Å². The number of nitrogens with zero attached hydrogens (tertiary/aromatic N) is 3. The highest BCUT2D eigenvalue weighted by molar-refractivity contribution is 5.89. The number of halogens is 1. The lowest BCUT2D eigenvalue weighted by Gasteiger charge is -2.17. The summed E-state index contributed by atoms with van der Waals surface area (Å²) in [5.41, 5.74) is 1.36. The van der Waals surface area contributed by atoms with Crippen LogP contribution in [0.5, 0.6) is 0 Å². The molecule has 2 aromatic rings. The van der Waals surface area contributed by atoms with Crippen LogP contribution in [0.4, 0.5) is 14.9 Å². The fourth-order valence-electron chi connectivity index (χ4n) is 1.68. The van der Waals surface area contributed by atoms with Crippen molar-refractivity contribution in [1.29, 1.82) is 0 Å². The van der Waals surface area contributed by atoms with Crippen LogP contribution in [-0.2, 0) is 13.6 Å². The third-order valence-corrected chi connectivity index (χ3v) is 2.60. The van der Waals surface area contributed by atoms with Gasteiger partial charge in [-0.05, 0) is 18.2 Å². The molecule has 0 spiro atoms. The van der Waals surface area contributed by atoms with Gasteiger partial charge in [-0.3, -0.25) is 4.68 Å². The van der Waals surface area contributed by atoms with Crippen LogP contribution in [0.1, 0.15) is 5.56 Å². The number of carbonyl (C=O) groups excluding carboxylic acids is 1. The maximum atomic E-state index is 13.0. The minimum atomic E-state index is -0.382. The molecule has 0 fully saturated rings. The van der Waals surface area contributed by atoms with Gasteiger partial charge in [0.15, 0.2) is 0 Å². The first-order valence-electron chi connectivity index (χ1n) is 5.80. The number of hydrogen-bond acceptors (Lipinski definition) is 2. The number of anilines is 1. The van der Waals surface area contributed by atoms with Gasteiger partial charge in [0.2, 0.25) is 0 Å². The lowest BCUT2D eigenvalue weighted by molar-refractivity contribution is 0.220. The Morgan fingerprint density at radius 2 is 2.32 bits per heavy atom. The predicted octanol–water partition coefficient (Wildman–Crippen LogP) is 2.22. The molecule has 0 saturated heterocycles. The molecule has 0 aliphatic heterocycles. The number of carbonyl (C=O) groups is 1. The van der Waals surface area contributed by atoms with E-state index in [1.165, 1.54) is 17.0 Å². The molecular formula is C13H15FN4O. The summed E-state index contributed by atoms with van der Waals surface area (Å²) < 4.78 is 14.7. The second-order valence-electron chi connectivity index (χ2n) is 4.32. The summed E-state index contributed by atoms with van der Waals surface area (Å²) in [5, 5.41) is 6.66. The third-order valence-electron chi connectivity index (χ3n) is 2.60. The van der Waals surface area contributed by atoms with Gasteiger partial charge >= 0.3 is 6.03 Å². The fourth-order valence-corrected chi connectivity index (χ4v) is 1.68. The first kappa shape index (κ1) is 13.1. The van der Waals surface area contributed by atoms with Crippen LogP contribution in [0.2, 0.25) is 0 Å². The Labute approximate surface area is 110 Å². The number of urea groups is 1. The Kier molecular flexibility index (Phi) is 3.79. The van der Waals surface area contributed by atoms with Crippen molar-refractivity contribution < 1.29 is 9.18 Å². The first-order chi connectivity index (χ1) is 9.04. The highest BCUT2D eigenvalue weighted by atomic mass is 19.1. The Morgan fingerprint density at radius 3 is 2.95 bits per heavy atom. The zero-order valence-corrected chi connectivity index (χ0v) is 10.8. The maximum absolute atomic E-state index is 13.0. The van der Waals surface area contributed by atoms with Gasteiger partial charge < -0.3 is 10.2 Å². The molecule has 2 rings (SSSR count). The first-order valence-corrected chi connectivity index (χ1v) is 5.80. The Balaban J connectivity index is 1.96. The van der Waals surface area contributed by atoms with E-state index in [1.807, 2.05) is 13.2 Å². The zero-order chi connectivity index (χ0) is 13.8. The summed E-state index contributed by atoms with van der Waals surface area (Å²) in [6, 6.07) is 5.49. The van der Waals surface area contributed by atoms with Crippen molar-refractivity contribution in [3.05, 3.63) is 48.0 Å². The molecule has 0 saturated carbocycles. The number of aryl methyl sites for hydroxylation is 1. The van der Waals surface area contributed by atoms with Crippen molar-refractivity contribution in [3.63, 3.8) is 0 Å². The number of hydrogen-bond donors (Lipinski definition) is 1. The van der Waals surface area contributed by atoms with Gasteiger partial charge in [0.1, 0.15) is 5.82 Å². The standard InChI is InChI=1S/C13H15FN4O/c1-17(8-10-7-15-18(2)9-10)13(19)16-12-5-3-4-11(14)6-12/h3-7,9H,8H2,1-2H3,(H,16,19). The molecule has 19 heavy (non-hydrogen) atoms. The highest BCUT2D eigenvalue weighted by Gasteiger charge is 2.10. The summed E-state index contributed by atoms with van der Waals surface area (Å²) in [6.07, 6.45) is 3.54. The molecule has 0 aliphatic carbocycles. The molecule has 0 aliphatic rings. The predicted molar refractivity (Wildman–Crippen MR) is 70.1 cm³/mol. The third kappa shape index (κ3) is 3.54. The molecule has 1 N–H and O–H groups in total. The quantitative estimate of drug-likeness (QED) is 0.922. The van der Waals surface area contributed by atoms with Crippen LogP contribution in [0.25, 0.3) is 0 Å². The number of rotatable bonds is 3. The van der Waals surface area contributed by atoms with Crippen molar-refractivity contribution in [2.75, 3.05) is 12.4 Å². The summed E-state index contributed by atoms with van der Waals surface area (Å²) in [4.78, 5) is 13.4. The van der Waals surface area contributed by atoms with E-state index in [0.717, 1.165) is 5.56 Å². The second kappa shape index (κ2) is 5.51. The minimum Gasteiger partial charge on any atom is -0.323 e. The van der Waals surface area contributed by atoms with Crippen LogP contribution < -0.4 is 5.32 Å². The molecule has 2 amide bonds. The molecule has 0 bridgehead atoms. The van der Waals surface area contributed by atoms with E-state index < -0.39 is 0 Å². The van der Waals surface area contributed by atoms with E-state index in [9.17, 15) is 9.18 Å². The molecule has 100 valence electrons. The normalized spacial score (nSPS) is 10.3. The molecule has 0 atom stereocenters. The van der Waals surface area contributed by atoms with Crippen LogP contribution in [-0.4, -0.2) is 27.8 Å². The van der Waals surface area contributed by atoms with Gasteiger partial charge in [0.25, 0.3) is 0 Å². The summed E-state index contributed by atoms with van der Waals surface area (Å²) in [5.74, 6) is -0.382. The molecule has 0 radical (unpaired) electrons. The molecule has 6 heteroatoms. The van der Waals surface area contributed by atoms with Gasteiger partial charge in [-0.25, -0.2) is 9.18 Å². The maximum Gasteiger partial charge on any atom is 0.321 e. The Morgan fingerprint density at radius 1 is 1.53 bits per heavy atom. The van der Waals surface area contributed by atoms with Gasteiger partial charge in [-0.2, -0.15) is 5.10 Å². The summed E-state index contributed by atoms with van der Waals surface area (Å²) in [7, 11) is 3.48. The van der Waals surface area contributed by atoms with Crippen molar-refractivity contribution >= 4 is 11.7 Å². The van der Waals surface area contributed by atoms with Crippen molar-refractivity contribution in [2.45, 2.75) is 6.54 Å². The highest BCUT2D eigenvalue weighted by Crippen LogP contribution is 2.10. The zero-order valence-electron chi connectivity index (χ0n) is 10.8. The minimum absolute atomic E-state index is 0.297. The topological polar surface area (TPSA) is 50.2 Å². The van der Waals surface area contributed by atoms with Crippen LogP contribution >= 0.6 is 0 Å². The van der Waals surface area contributed by atoms with Crippen LogP contribution in [0, 0.1) is 5.82 Å². The van der Waals surface area contributed by atoms with E-state index >= 15 is 0 Å². The average molecular weight is 262 g/mol. The number of amides is 2. The lowest BCUT2D eigenvalue weighted by atomic mass is 10.3. The van der Waals surface area contributed by atoms with Crippen molar-refractivity contribution in [2.24, 2.45) is 7.05 Å². The molecular weight excluding hydrogens is 247 g/mol. The number of nitrogens with one attached hydrogen (secondary N) is 1.